The standard InChI is InChI=1S/C22H20ClFO4/c23-17-6-2-4-8-19(17)28-21-13-27-20-11-15(9-10-16(20)22(21)25)26-12-14-5-1-3-7-18(14)24/h1-8,13,15-16,20H,9-12H2. The maximum atomic E-state index is 13.7. The Morgan fingerprint density at radius 2 is 1.89 bits per heavy atom. The number of para-hydroxylation sites is 1. The van der Waals surface area contributed by atoms with Gasteiger partial charge in [-0.2, -0.15) is 0 Å². The molecule has 1 aliphatic heterocycles. The topological polar surface area (TPSA) is 44.8 Å². The van der Waals surface area contributed by atoms with Crippen molar-refractivity contribution >= 4 is 17.4 Å². The highest BCUT2D eigenvalue weighted by Gasteiger charge is 2.41. The lowest BCUT2D eigenvalue weighted by Crippen LogP contribution is -2.42. The lowest BCUT2D eigenvalue weighted by atomic mass is 9.80. The Labute approximate surface area is 167 Å². The molecular formula is C22H20ClFO4. The van der Waals surface area contributed by atoms with Gasteiger partial charge in [-0.15, -0.1) is 0 Å². The molecule has 0 radical (unpaired) electrons. The highest BCUT2D eigenvalue weighted by atomic mass is 35.5. The normalized spacial score (nSPS) is 24.1. The number of hydrogen-bond donors (Lipinski definition) is 0. The van der Waals surface area contributed by atoms with Gasteiger partial charge in [0.2, 0.25) is 11.5 Å². The summed E-state index contributed by atoms with van der Waals surface area (Å²) in [6.45, 7) is 0.208. The van der Waals surface area contributed by atoms with E-state index in [1.165, 1.54) is 12.3 Å². The van der Waals surface area contributed by atoms with Gasteiger partial charge in [-0.1, -0.05) is 41.9 Å². The summed E-state index contributed by atoms with van der Waals surface area (Å²) in [5.41, 5.74) is 0.528. The van der Waals surface area contributed by atoms with Crippen molar-refractivity contribution in [1.82, 2.24) is 0 Å². The summed E-state index contributed by atoms with van der Waals surface area (Å²) >= 11 is 6.10. The molecule has 2 aliphatic rings. The van der Waals surface area contributed by atoms with Gasteiger partial charge in [0.25, 0.3) is 0 Å². The van der Waals surface area contributed by atoms with E-state index in [2.05, 4.69) is 0 Å². The third-order valence-electron chi connectivity index (χ3n) is 5.16. The molecule has 2 aromatic carbocycles. The smallest absolute Gasteiger partial charge is 0.208 e. The number of hydrogen-bond acceptors (Lipinski definition) is 4. The first-order valence-corrected chi connectivity index (χ1v) is 9.67. The van der Waals surface area contributed by atoms with Gasteiger partial charge in [0.1, 0.15) is 23.9 Å². The van der Waals surface area contributed by atoms with Gasteiger partial charge < -0.3 is 14.2 Å². The molecule has 3 atom stereocenters. The molecule has 4 nitrogen and oxygen atoms in total. The molecular weight excluding hydrogens is 383 g/mol. The Balaban J connectivity index is 1.37. The predicted octanol–water partition coefficient (Wildman–Crippen LogP) is 5.05. The van der Waals surface area contributed by atoms with Crippen LogP contribution < -0.4 is 4.74 Å². The van der Waals surface area contributed by atoms with Gasteiger partial charge >= 0.3 is 0 Å². The van der Waals surface area contributed by atoms with Gasteiger partial charge in [0, 0.05) is 12.0 Å². The fraction of sp³-hybridized carbons (Fsp3) is 0.318. The molecule has 4 rings (SSSR count). The quantitative estimate of drug-likeness (QED) is 0.701. The van der Waals surface area contributed by atoms with E-state index in [1.807, 2.05) is 0 Å². The zero-order valence-corrected chi connectivity index (χ0v) is 15.9. The Hall–Kier alpha value is -2.37. The lowest BCUT2D eigenvalue weighted by Gasteiger charge is -2.37. The minimum Gasteiger partial charge on any atom is -0.493 e. The van der Waals surface area contributed by atoms with Crippen LogP contribution in [0.2, 0.25) is 5.02 Å². The second-order valence-corrected chi connectivity index (χ2v) is 7.40. The first kappa shape index (κ1) is 19.0. The van der Waals surface area contributed by atoms with Crippen molar-refractivity contribution in [1.29, 1.82) is 0 Å². The Morgan fingerprint density at radius 3 is 2.71 bits per heavy atom. The first-order chi connectivity index (χ1) is 13.6. The van der Waals surface area contributed by atoms with Crippen LogP contribution in [-0.4, -0.2) is 18.0 Å². The fourth-order valence-electron chi connectivity index (χ4n) is 3.63. The molecule has 0 amide bonds. The van der Waals surface area contributed by atoms with E-state index in [4.69, 9.17) is 25.8 Å². The second kappa shape index (κ2) is 8.33. The number of fused-ring (bicyclic) bond motifs is 1. The third-order valence-corrected chi connectivity index (χ3v) is 5.47. The summed E-state index contributed by atoms with van der Waals surface area (Å²) in [4.78, 5) is 12.8. The molecule has 1 fully saturated rings. The molecule has 1 saturated carbocycles. The van der Waals surface area contributed by atoms with Gasteiger partial charge in [0.15, 0.2) is 0 Å². The predicted molar refractivity (Wildman–Crippen MR) is 102 cm³/mol. The molecule has 0 spiro atoms. The van der Waals surface area contributed by atoms with E-state index in [0.717, 1.165) is 0 Å². The average Bonchev–Trinajstić information content (AvgIpc) is 2.71. The summed E-state index contributed by atoms with van der Waals surface area (Å²) in [7, 11) is 0. The fourth-order valence-corrected chi connectivity index (χ4v) is 3.80. The molecule has 1 heterocycles. The second-order valence-electron chi connectivity index (χ2n) is 7.00. The zero-order chi connectivity index (χ0) is 19.5. The third kappa shape index (κ3) is 4.05. The van der Waals surface area contributed by atoms with Crippen molar-refractivity contribution in [3.63, 3.8) is 0 Å². The average molecular weight is 403 g/mol. The van der Waals surface area contributed by atoms with Crippen molar-refractivity contribution in [2.75, 3.05) is 0 Å². The van der Waals surface area contributed by atoms with Gasteiger partial charge in [0.05, 0.1) is 23.7 Å². The van der Waals surface area contributed by atoms with E-state index in [9.17, 15) is 9.18 Å². The number of Topliss-reactive ketones (excluding diaryl/α,β-unsaturated/α-hetero) is 1. The van der Waals surface area contributed by atoms with Crippen LogP contribution in [0.1, 0.15) is 24.8 Å². The first-order valence-electron chi connectivity index (χ1n) is 9.29. The highest BCUT2D eigenvalue weighted by molar-refractivity contribution is 6.32. The van der Waals surface area contributed by atoms with Crippen molar-refractivity contribution in [3.05, 3.63) is 77.0 Å². The van der Waals surface area contributed by atoms with Crippen molar-refractivity contribution in [2.24, 2.45) is 5.92 Å². The van der Waals surface area contributed by atoms with E-state index >= 15 is 0 Å². The molecule has 28 heavy (non-hydrogen) atoms. The largest absolute Gasteiger partial charge is 0.493 e. The van der Waals surface area contributed by atoms with Crippen LogP contribution in [-0.2, 0) is 20.9 Å². The van der Waals surface area contributed by atoms with Crippen molar-refractivity contribution in [3.8, 4) is 5.75 Å². The monoisotopic (exact) mass is 402 g/mol. The van der Waals surface area contributed by atoms with Crippen molar-refractivity contribution in [2.45, 2.75) is 38.1 Å². The van der Waals surface area contributed by atoms with E-state index < -0.39 is 0 Å². The van der Waals surface area contributed by atoms with Crippen LogP contribution in [0.15, 0.2) is 60.6 Å². The van der Waals surface area contributed by atoms with E-state index in [1.54, 1.807) is 42.5 Å². The summed E-state index contributed by atoms with van der Waals surface area (Å²) in [6, 6.07) is 13.6. The number of ketones is 1. The minimum atomic E-state index is -0.274. The molecule has 3 unspecified atom stereocenters. The summed E-state index contributed by atoms with van der Waals surface area (Å²) < 4.78 is 31.1. The maximum Gasteiger partial charge on any atom is 0.208 e. The highest BCUT2D eigenvalue weighted by Crippen LogP contribution is 2.36. The van der Waals surface area contributed by atoms with Crippen LogP contribution >= 0.6 is 11.6 Å². The molecule has 146 valence electrons. The Bertz CT molecular complexity index is 898. The lowest BCUT2D eigenvalue weighted by molar-refractivity contribution is -0.134. The SMILES string of the molecule is O=C1C(Oc2ccccc2Cl)=COC2CC(OCc3ccccc3F)CCC12. The number of halogens is 2. The molecule has 1 aliphatic carbocycles. The van der Waals surface area contributed by atoms with E-state index in [0.29, 0.717) is 35.6 Å². The molecule has 0 bridgehead atoms. The molecule has 0 saturated heterocycles. The van der Waals surface area contributed by atoms with Gasteiger partial charge in [-0.05, 0) is 31.0 Å². The van der Waals surface area contributed by atoms with E-state index in [-0.39, 0.29) is 42.1 Å². The number of allylic oxidation sites excluding steroid dienone is 1. The maximum absolute atomic E-state index is 13.7. The number of carbonyl (C=O) groups is 1. The van der Waals surface area contributed by atoms with Crippen molar-refractivity contribution < 1.29 is 23.4 Å². The number of benzene rings is 2. The number of rotatable bonds is 5. The molecule has 0 aromatic heterocycles. The van der Waals surface area contributed by atoms with Gasteiger partial charge in [-0.25, -0.2) is 4.39 Å². The minimum absolute atomic E-state index is 0.0758. The number of ether oxygens (including phenoxy) is 3. The van der Waals surface area contributed by atoms with Crippen LogP contribution in [0, 0.1) is 11.7 Å². The number of carbonyl (C=O) groups excluding carboxylic acids is 1. The molecule has 6 heteroatoms. The molecule has 2 aromatic rings. The summed E-state index contributed by atoms with van der Waals surface area (Å²) in [6.07, 6.45) is 2.96. The van der Waals surface area contributed by atoms with Crippen LogP contribution in [0.3, 0.4) is 0 Å². The van der Waals surface area contributed by atoms with Crippen LogP contribution in [0.4, 0.5) is 4.39 Å². The summed E-state index contributed by atoms with van der Waals surface area (Å²) in [5.74, 6) is -0.0306. The Kier molecular flexibility index (Phi) is 5.64. The zero-order valence-electron chi connectivity index (χ0n) is 15.1. The van der Waals surface area contributed by atoms with Crippen LogP contribution in [0.25, 0.3) is 0 Å². The molecule has 0 N–H and O–H groups in total. The van der Waals surface area contributed by atoms with Crippen LogP contribution in [0.5, 0.6) is 5.75 Å². The summed E-state index contributed by atoms with van der Waals surface area (Å²) in [5, 5.41) is 0.434. The Morgan fingerprint density at radius 1 is 1.11 bits per heavy atom. The van der Waals surface area contributed by atoms with Gasteiger partial charge in [-0.3, -0.25) is 4.79 Å².